The predicted molar refractivity (Wildman–Crippen MR) is 185 cm³/mol. The minimum absolute atomic E-state index is 0.0582. The summed E-state index contributed by atoms with van der Waals surface area (Å²) in [5.74, 6) is -1.08. The molecule has 0 spiro atoms. The third-order valence-electron chi connectivity index (χ3n) is 9.26. The first-order chi connectivity index (χ1) is 22.6. The fourth-order valence-corrected chi connectivity index (χ4v) is 6.43. The molecule has 2 aliphatic heterocycles. The number of hydrogen-bond acceptors (Lipinski definition) is 6. The highest BCUT2D eigenvalue weighted by Gasteiger charge is 2.52. The number of hydrogen-bond donors (Lipinski definition) is 2. The molecule has 5 rings (SSSR count). The average Bonchev–Trinajstić information content (AvgIpc) is 3.76. The van der Waals surface area contributed by atoms with Crippen LogP contribution in [0.1, 0.15) is 82.5 Å². The summed E-state index contributed by atoms with van der Waals surface area (Å²) in [6.07, 6.45) is 13.7. The summed E-state index contributed by atoms with van der Waals surface area (Å²) in [6, 6.07) is 15.3. The second-order valence-electron chi connectivity index (χ2n) is 13.0. The van der Waals surface area contributed by atoms with Crippen LogP contribution in [0.25, 0.3) is 0 Å². The predicted octanol–water partition coefficient (Wildman–Crippen LogP) is 6.04. The number of fused-ring (bicyclic) bond motifs is 1. The van der Waals surface area contributed by atoms with E-state index in [1.807, 2.05) is 73.8 Å². The summed E-state index contributed by atoms with van der Waals surface area (Å²) in [7, 11) is 0. The van der Waals surface area contributed by atoms with Gasteiger partial charge in [-0.1, -0.05) is 77.9 Å². The van der Waals surface area contributed by atoms with E-state index in [9.17, 15) is 19.8 Å². The van der Waals surface area contributed by atoms with Crippen molar-refractivity contribution in [2.45, 2.75) is 77.9 Å². The third kappa shape index (κ3) is 7.47. The lowest BCUT2D eigenvalue weighted by molar-refractivity contribution is -0.139. The number of carbonyl (C=O) groups is 2. The number of rotatable bonds is 14. The molecule has 1 aromatic heterocycles. The number of carbonyl (C=O) groups excluding carboxylic acids is 2. The van der Waals surface area contributed by atoms with Gasteiger partial charge in [-0.25, -0.2) is 0 Å². The molecule has 3 atom stereocenters. The van der Waals surface area contributed by atoms with Crippen LogP contribution in [-0.4, -0.2) is 56.7 Å². The molecule has 3 heterocycles. The highest BCUT2D eigenvalue weighted by Crippen LogP contribution is 2.47. The van der Waals surface area contributed by atoms with Gasteiger partial charge in [0.2, 0.25) is 5.91 Å². The van der Waals surface area contributed by atoms with Crippen LogP contribution in [0, 0.1) is 5.92 Å². The molecule has 0 radical (unpaired) electrons. The van der Waals surface area contributed by atoms with Gasteiger partial charge < -0.3 is 20.0 Å². The maximum Gasteiger partial charge on any atom is 0.264 e. The zero-order valence-electron chi connectivity index (χ0n) is 28.0. The Labute approximate surface area is 277 Å². The van der Waals surface area contributed by atoms with E-state index < -0.39 is 11.5 Å². The molecule has 47 heavy (non-hydrogen) atoms. The van der Waals surface area contributed by atoms with Gasteiger partial charge in [0.15, 0.2) is 5.60 Å². The number of aliphatic hydroxyl groups is 2. The van der Waals surface area contributed by atoms with Gasteiger partial charge in [0.1, 0.15) is 0 Å². The minimum atomic E-state index is -1.78. The van der Waals surface area contributed by atoms with Gasteiger partial charge in [0, 0.05) is 49.4 Å². The molecule has 3 aromatic rings. The first-order valence-corrected chi connectivity index (χ1v) is 16.6. The van der Waals surface area contributed by atoms with Crippen LogP contribution >= 0.6 is 0 Å². The van der Waals surface area contributed by atoms with Crippen molar-refractivity contribution in [3.63, 3.8) is 0 Å². The number of aromatic nitrogens is 3. The Bertz CT molecular complexity index is 1660. The fraction of sp³-hybridized carbons (Fsp3) is 0.421. The molecular formula is C38H47N5O4. The number of anilines is 2. The fourth-order valence-electron chi connectivity index (χ4n) is 6.43. The Morgan fingerprint density at radius 1 is 1.06 bits per heavy atom. The molecule has 2 aromatic carbocycles. The number of aryl methyl sites for hydroxylation is 1. The summed E-state index contributed by atoms with van der Waals surface area (Å²) >= 11 is 0. The summed E-state index contributed by atoms with van der Waals surface area (Å²) in [5, 5.41) is 30.8. The Morgan fingerprint density at radius 2 is 1.85 bits per heavy atom. The largest absolute Gasteiger partial charge is 0.395 e. The van der Waals surface area contributed by atoms with Gasteiger partial charge in [-0.2, -0.15) is 0 Å². The van der Waals surface area contributed by atoms with Crippen molar-refractivity contribution in [3.8, 4) is 0 Å². The van der Waals surface area contributed by atoms with Crippen LogP contribution in [0.5, 0.6) is 0 Å². The molecule has 2 N–H and O–H groups in total. The van der Waals surface area contributed by atoms with E-state index in [1.54, 1.807) is 14.5 Å². The number of amides is 2. The smallest absolute Gasteiger partial charge is 0.264 e. The Balaban J connectivity index is 1.32. The number of benzene rings is 2. The van der Waals surface area contributed by atoms with Crippen molar-refractivity contribution in [2.75, 3.05) is 29.5 Å². The lowest BCUT2D eigenvalue weighted by atomic mass is 9.82. The highest BCUT2D eigenvalue weighted by atomic mass is 16.3. The summed E-state index contributed by atoms with van der Waals surface area (Å²) in [6.45, 7) is 9.58. The van der Waals surface area contributed by atoms with Crippen molar-refractivity contribution < 1.29 is 19.8 Å². The van der Waals surface area contributed by atoms with Crippen molar-refractivity contribution in [1.82, 2.24) is 15.0 Å². The van der Waals surface area contributed by atoms with E-state index >= 15 is 0 Å². The monoisotopic (exact) mass is 637 g/mol. The maximum absolute atomic E-state index is 14.1. The normalized spacial score (nSPS) is 19.5. The van der Waals surface area contributed by atoms with Gasteiger partial charge in [-0.05, 0) is 70.2 Å². The molecule has 2 amide bonds. The quantitative estimate of drug-likeness (QED) is 0.209. The summed E-state index contributed by atoms with van der Waals surface area (Å²) < 4.78 is 1.74. The Hall–Kier alpha value is -4.34. The molecule has 0 bridgehead atoms. The molecule has 9 nitrogen and oxygen atoms in total. The van der Waals surface area contributed by atoms with E-state index in [0.29, 0.717) is 55.1 Å². The van der Waals surface area contributed by atoms with Crippen LogP contribution in [0.4, 0.5) is 11.4 Å². The zero-order chi connectivity index (χ0) is 33.6. The Kier molecular flexibility index (Phi) is 10.9. The van der Waals surface area contributed by atoms with Crippen LogP contribution in [0.2, 0.25) is 0 Å². The Morgan fingerprint density at radius 3 is 2.55 bits per heavy atom. The molecule has 0 saturated carbocycles. The highest BCUT2D eigenvalue weighted by molar-refractivity contribution is 6.08. The van der Waals surface area contributed by atoms with Crippen molar-refractivity contribution in [3.05, 3.63) is 107 Å². The van der Waals surface area contributed by atoms with E-state index in [0.717, 1.165) is 24.8 Å². The summed E-state index contributed by atoms with van der Waals surface area (Å²) in [4.78, 5) is 30.1. The second kappa shape index (κ2) is 15.0. The van der Waals surface area contributed by atoms with Crippen molar-refractivity contribution in [1.29, 1.82) is 0 Å². The molecule has 9 heteroatoms. The van der Waals surface area contributed by atoms with Crippen LogP contribution in [0.3, 0.4) is 0 Å². The van der Waals surface area contributed by atoms with Gasteiger partial charge in [-0.15, -0.1) is 5.10 Å². The van der Waals surface area contributed by atoms with Crippen LogP contribution < -0.4 is 9.80 Å². The van der Waals surface area contributed by atoms with Crippen molar-refractivity contribution >= 4 is 23.2 Å². The first-order valence-electron chi connectivity index (χ1n) is 16.6. The standard InChI is InChI=1S/C38H47N5O4/c1-27(2)12-10-13-28(3)20-23-43-35-19-18-31(42-22-11-17-36(42)45)24-33(35)38(47,37(43)46)29(4)14-8-9-21-41-25-34(39-40-41)32(26-44)30-15-6-5-7-16-30/h5-8,12,14-16,18-20,24-25,29,32,44,47H,9-11,13,17,21-23,26H2,1-4H3/b14-8+,28-20+/t29-,32?,38+/m1/s1. The topological polar surface area (TPSA) is 112 Å². The molecular weight excluding hydrogens is 590 g/mol. The number of allylic oxidation sites excluding steroid dienone is 4. The van der Waals surface area contributed by atoms with E-state index in [1.165, 1.54) is 11.1 Å². The molecule has 1 unspecified atom stereocenters. The van der Waals surface area contributed by atoms with Crippen LogP contribution in [-0.2, 0) is 21.7 Å². The molecule has 248 valence electrons. The van der Waals surface area contributed by atoms with Gasteiger partial charge in [0.25, 0.3) is 5.91 Å². The van der Waals surface area contributed by atoms with Crippen LogP contribution in [0.15, 0.2) is 90.2 Å². The molecule has 1 saturated heterocycles. The number of aliphatic hydroxyl groups excluding tert-OH is 1. The number of nitrogens with zero attached hydrogens (tertiary/aromatic N) is 5. The maximum atomic E-state index is 14.1. The van der Waals surface area contributed by atoms with E-state index in [2.05, 4.69) is 43.2 Å². The lowest BCUT2D eigenvalue weighted by Gasteiger charge is -2.28. The second-order valence-corrected chi connectivity index (χ2v) is 13.0. The lowest BCUT2D eigenvalue weighted by Crippen LogP contribution is -2.44. The van der Waals surface area contributed by atoms with E-state index in [4.69, 9.17) is 0 Å². The molecule has 0 aliphatic carbocycles. The van der Waals surface area contributed by atoms with Gasteiger partial charge in [-0.3, -0.25) is 14.3 Å². The van der Waals surface area contributed by atoms with Crippen molar-refractivity contribution in [2.24, 2.45) is 5.92 Å². The van der Waals surface area contributed by atoms with Gasteiger partial charge in [0.05, 0.1) is 23.9 Å². The van der Waals surface area contributed by atoms with Gasteiger partial charge >= 0.3 is 0 Å². The first kappa shape index (κ1) is 34.0. The molecule has 2 aliphatic rings. The third-order valence-corrected chi connectivity index (χ3v) is 9.26. The average molecular weight is 638 g/mol. The molecule has 1 fully saturated rings. The SMILES string of the molecule is CC(C)=CCC/C(C)=C/CN1C(=O)[C@](O)([C@H](C)/C=C/CCn2cc(C(CO)c3ccccc3)nn2)c2cc(N3CCCC3=O)ccc21. The minimum Gasteiger partial charge on any atom is -0.395 e. The van der Waals surface area contributed by atoms with E-state index in [-0.39, 0.29) is 24.3 Å². The summed E-state index contributed by atoms with van der Waals surface area (Å²) in [5.41, 5.74) is 4.28. The zero-order valence-corrected chi connectivity index (χ0v) is 28.0.